The Morgan fingerprint density at radius 3 is 2.87 bits per heavy atom. The van der Waals surface area contributed by atoms with E-state index >= 15 is 0 Å². The number of amides is 1. The quantitative estimate of drug-likeness (QED) is 0.823. The van der Waals surface area contributed by atoms with Crippen molar-refractivity contribution in [3.8, 4) is 0 Å². The fourth-order valence-corrected chi connectivity index (χ4v) is 1.19. The number of likely N-dealkylation sites (N-methyl/N-ethyl adjacent to an activating group) is 1. The van der Waals surface area contributed by atoms with Crippen LogP contribution in [0.4, 0.5) is 5.82 Å². The Labute approximate surface area is 94.0 Å². The van der Waals surface area contributed by atoms with Gasteiger partial charge in [0, 0.05) is 12.7 Å². The molecule has 0 aliphatic carbocycles. The second kappa shape index (κ2) is 5.56. The largest absolute Gasteiger partial charge is 0.359 e. The summed E-state index contributed by atoms with van der Waals surface area (Å²) in [5, 5.41) is 6.27. The predicted octanol–water partition coefficient (Wildman–Crippen LogP) is 1.67. The molecule has 1 aromatic rings. The molecule has 1 heterocycles. The first-order chi connectivity index (χ1) is 7.13. The molecule has 5 heteroatoms. The highest BCUT2D eigenvalue weighted by atomic mass is 35.5. The monoisotopic (exact) mass is 227 g/mol. The fourth-order valence-electron chi connectivity index (χ4n) is 1.08. The molecular formula is C10H14ClN3O. The van der Waals surface area contributed by atoms with Gasteiger partial charge in [0.2, 0.25) is 5.91 Å². The molecule has 15 heavy (non-hydrogen) atoms. The standard InChI is InChI=1S/C10H14ClN3O/c1-3-12-10(15)7(2)14-9-5-4-8(11)6-13-9/h4-7H,3H2,1-2H3,(H,12,15)(H,13,14). The van der Waals surface area contributed by atoms with E-state index < -0.39 is 0 Å². The van der Waals surface area contributed by atoms with Crippen molar-refractivity contribution >= 4 is 23.3 Å². The maximum Gasteiger partial charge on any atom is 0.242 e. The van der Waals surface area contributed by atoms with Crippen LogP contribution in [0.5, 0.6) is 0 Å². The first-order valence-electron chi connectivity index (χ1n) is 4.79. The van der Waals surface area contributed by atoms with Gasteiger partial charge >= 0.3 is 0 Å². The molecule has 0 saturated carbocycles. The molecule has 1 rings (SSSR count). The first kappa shape index (κ1) is 11.8. The van der Waals surface area contributed by atoms with Crippen molar-refractivity contribution in [3.05, 3.63) is 23.4 Å². The Balaban J connectivity index is 2.54. The third-order valence-corrected chi connectivity index (χ3v) is 2.06. The van der Waals surface area contributed by atoms with Gasteiger partial charge in [-0.05, 0) is 26.0 Å². The predicted molar refractivity (Wildman–Crippen MR) is 61.0 cm³/mol. The normalized spacial score (nSPS) is 11.9. The van der Waals surface area contributed by atoms with E-state index in [2.05, 4.69) is 15.6 Å². The zero-order valence-corrected chi connectivity index (χ0v) is 9.51. The number of rotatable bonds is 4. The van der Waals surface area contributed by atoms with E-state index in [1.54, 1.807) is 19.1 Å². The highest BCUT2D eigenvalue weighted by Crippen LogP contribution is 2.10. The molecule has 0 bridgehead atoms. The molecule has 0 aromatic carbocycles. The Hall–Kier alpha value is -1.29. The lowest BCUT2D eigenvalue weighted by molar-refractivity contribution is -0.121. The van der Waals surface area contributed by atoms with E-state index in [0.717, 1.165) is 0 Å². The Kier molecular flexibility index (Phi) is 4.37. The summed E-state index contributed by atoms with van der Waals surface area (Å²) in [6.45, 7) is 4.28. The topological polar surface area (TPSA) is 54.0 Å². The van der Waals surface area contributed by atoms with Gasteiger partial charge in [-0.2, -0.15) is 0 Å². The Morgan fingerprint density at radius 2 is 2.33 bits per heavy atom. The average Bonchev–Trinajstić information content (AvgIpc) is 2.22. The van der Waals surface area contributed by atoms with Crippen molar-refractivity contribution in [1.82, 2.24) is 10.3 Å². The smallest absolute Gasteiger partial charge is 0.242 e. The minimum Gasteiger partial charge on any atom is -0.359 e. The number of pyridine rings is 1. The van der Waals surface area contributed by atoms with Crippen LogP contribution in [-0.2, 0) is 4.79 Å². The number of anilines is 1. The lowest BCUT2D eigenvalue weighted by Gasteiger charge is -2.13. The van der Waals surface area contributed by atoms with Gasteiger partial charge in [0.05, 0.1) is 5.02 Å². The summed E-state index contributed by atoms with van der Waals surface area (Å²) in [7, 11) is 0. The molecular weight excluding hydrogens is 214 g/mol. The van der Waals surface area contributed by atoms with Crippen molar-refractivity contribution in [1.29, 1.82) is 0 Å². The number of hydrogen-bond acceptors (Lipinski definition) is 3. The molecule has 1 aromatic heterocycles. The zero-order chi connectivity index (χ0) is 11.3. The molecule has 1 unspecified atom stereocenters. The highest BCUT2D eigenvalue weighted by molar-refractivity contribution is 6.30. The molecule has 82 valence electrons. The maximum atomic E-state index is 11.4. The molecule has 0 saturated heterocycles. The molecule has 0 spiro atoms. The third kappa shape index (κ3) is 3.75. The average molecular weight is 228 g/mol. The van der Waals surface area contributed by atoms with Crippen LogP contribution in [0.3, 0.4) is 0 Å². The lowest BCUT2D eigenvalue weighted by atomic mass is 10.3. The van der Waals surface area contributed by atoms with Crippen molar-refractivity contribution in [2.24, 2.45) is 0 Å². The van der Waals surface area contributed by atoms with Gasteiger partial charge in [0.15, 0.2) is 0 Å². The van der Waals surface area contributed by atoms with E-state index in [4.69, 9.17) is 11.6 Å². The van der Waals surface area contributed by atoms with Gasteiger partial charge in [-0.1, -0.05) is 11.6 Å². The van der Waals surface area contributed by atoms with Gasteiger partial charge in [-0.15, -0.1) is 0 Å². The molecule has 0 radical (unpaired) electrons. The highest BCUT2D eigenvalue weighted by Gasteiger charge is 2.11. The van der Waals surface area contributed by atoms with Crippen LogP contribution in [0.15, 0.2) is 18.3 Å². The van der Waals surface area contributed by atoms with Crippen LogP contribution < -0.4 is 10.6 Å². The molecule has 1 amide bonds. The second-order valence-electron chi connectivity index (χ2n) is 3.12. The number of carbonyl (C=O) groups excluding carboxylic acids is 1. The Morgan fingerprint density at radius 1 is 1.60 bits per heavy atom. The minimum absolute atomic E-state index is 0.0470. The van der Waals surface area contributed by atoms with Gasteiger partial charge in [0.25, 0.3) is 0 Å². The summed E-state index contributed by atoms with van der Waals surface area (Å²) in [5.74, 6) is 0.590. The van der Waals surface area contributed by atoms with Gasteiger partial charge < -0.3 is 10.6 Å². The van der Waals surface area contributed by atoms with Crippen LogP contribution in [0.2, 0.25) is 5.02 Å². The fraction of sp³-hybridized carbons (Fsp3) is 0.400. The lowest BCUT2D eigenvalue weighted by Crippen LogP contribution is -2.37. The number of halogens is 1. The van der Waals surface area contributed by atoms with E-state index in [-0.39, 0.29) is 11.9 Å². The van der Waals surface area contributed by atoms with Crippen molar-refractivity contribution in [2.75, 3.05) is 11.9 Å². The molecule has 1 atom stereocenters. The van der Waals surface area contributed by atoms with Crippen LogP contribution in [0.1, 0.15) is 13.8 Å². The summed E-state index contributed by atoms with van der Waals surface area (Å²) in [5.41, 5.74) is 0. The zero-order valence-electron chi connectivity index (χ0n) is 8.75. The second-order valence-corrected chi connectivity index (χ2v) is 3.56. The number of aromatic nitrogens is 1. The molecule has 4 nitrogen and oxygen atoms in total. The van der Waals surface area contributed by atoms with Crippen molar-refractivity contribution in [2.45, 2.75) is 19.9 Å². The SMILES string of the molecule is CCNC(=O)C(C)Nc1ccc(Cl)cn1. The number of carbonyl (C=O) groups is 1. The summed E-state index contributed by atoms with van der Waals surface area (Å²) in [4.78, 5) is 15.4. The molecule has 0 aliphatic heterocycles. The first-order valence-corrected chi connectivity index (χ1v) is 5.17. The van der Waals surface area contributed by atoms with Crippen LogP contribution in [-0.4, -0.2) is 23.5 Å². The number of nitrogens with zero attached hydrogens (tertiary/aromatic N) is 1. The van der Waals surface area contributed by atoms with Crippen LogP contribution in [0.25, 0.3) is 0 Å². The maximum absolute atomic E-state index is 11.4. The summed E-state index contributed by atoms with van der Waals surface area (Å²) < 4.78 is 0. The molecule has 0 aliphatic rings. The van der Waals surface area contributed by atoms with Gasteiger partial charge in [-0.3, -0.25) is 4.79 Å². The van der Waals surface area contributed by atoms with Crippen molar-refractivity contribution in [3.63, 3.8) is 0 Å². The van der Waals surface area contributed by atoms with E-state index in [9.17, 15) is 4.79 Å². The summed E-state index contributed by atoms with van der Waals surface area (Å²) in [6, 6.07) is 3.15. The van der Waals surface area contributed by atoms with Crippen molar-refractivity contribution < 1.29 is 4.79 Å². The minimum atomic E-state index is -0.307. The van der Waals surface area contributed by atoms with E-state index in [1.807, 2.05) is 6.92 Å². The van der Waals surface area contributed by atoms with Crippen LogP contribution >= 0.6 is 11.6 Å². The molecule has 2 N–H and O–H groups in total. The number of nitrogens with one attached hydrogen (secondary N) is 2. The van der Waals surface area contributed by atoms with Gasteiger partial charge in [-0.25, -0.2) is 4.98 Å². The molecule has 0 fully saturated rings. The van der Waals surface area contributed by atoms with Crippen LogP contribution in [0, 0.1) is 0 Å². The van der Waals surface area contributed by atoms with E-state index in [0.29, 0.717) is 17.4 Å². The summed E-state index contributed by atoms with van der Waals surface area (Å²) >= 11 is 5.69. The Bertz CT molecular complexity index is 326. The van der Waals surface area contributed by atoms with E-state index in [1.165, 1.54) is 6.20 Å². The van der Waals surface area contributed by atoms with Gasteiger partial charge in [0.1, 0.15) is 11.9 Å². The third-order valence-electron chi connectivity index (χ3n) is 1.84. The number of hydrogen-bond donors (Lipinski definition) is 2. The summed E-state index contributed by atoms with van der Waals surface area (Å²) in [6.07, 6.45) is 1.54.